The summed E-state index contributed by atoms with van der Waals surface area (Å²) < 4.78 is 0. The van der Waals surface area contributed by atoms with Crippen molar-refractivity contribution in [2.45, 2.75) is 25.8 Å². The molecule has 1 aliphatic rings. The average molecular weight is 248 g/mol. The molecule has 1 atom stereocenters. The van der Waals surface area contributed by atoms with Crippen molar-refractivity contribution < 1.29 is 14.7 Å². The number of aromatic nitrogens is 1. The molecule has 1 amide bonds. The van der Waals surface area contributed by atoms with Crippen LogP contribution in [0.25, 0.3) is 0 Å². The second kappa shape index (κ2) is 4.76. The van der Waals surface area contributed by atoms with Crippen LogP contribution in [0.2, 0.25) is 0 Å². The average Bonchev–Trinajstić information content (AvgIpc) is 3.20. The van der Waals surface area contributed by atoms with Gasteiger partial charge in [-0.1, -0.05) is 0 Å². The second-order valence-electron chi connectivity index (χ2n) is 4.73. The van der Waals surface area contributed by atoms with E-state index in [0.29, 0.717) is 11.5 Å². The molecule has 1 saturated carbocycles. The van der Waals surface area contributed by atoms with Gasteiger partial charge in [0.2, 0.25) is 0 Å². The zero-order chi connectivity index (χ0) is 13.3. The van der Waals surface area contributed by atoms with Gasteiger partial charge in [0.05, 0.1) is 5.56 Å². The van der Waals surface area contributed by atoms with Crippen LogP contribution in [0.1, 0.15) is 40.6 Å². The molecule has 18 heavy (non-hydrogen) atoms. The monoisotopic (exact) mass is 248 g/mol. The third kappa shape index (κ3) is 2.50. The van der Waals surface area contributed by atoms with E-state index in [-0.39, 0.29) is 17.6 Å². The maximum Gasteiger partial charge on any atom is 0.354 e. The molecular weight excluding hydrogens is 232 g/mol. The van der Waals surface area contributed by atoms with Gasteiger partial charge in [-0.2, -0.15) is 0 Å². The molecule has 0 radical (unpaired) electrons. The lowest BCUT2D eigenvalue weighted by molar-refractivity contribution is 0.0685. The van der Waals surface area contributed by atoms with Crippen molar-refractivity contribution in [1.82, 2.24) is 9.88 Å². The maximum absolute atomic E-state index is 12.1. The first kappa shape index (κ1) is 12.5. The Bertz CT molecular complexity index is 466. The van der Waals surface area contributed by atoms with E-state index in [4.69, 9.17) is 5.11 Å². The number of pyridine rings is 1. The number of hydrogen-bond acceptors (Lipinski definition) is 3. The zero-order valence-electron chi connectivity index (χ0n) is 10.5. The van der Waals surface area contributed by atoms with Crippen LogP contribution in [0.5, 0.6) is 0 Å². The molecule has 0 saturated heterocycles. The Morgan fingerprint density at radius 3 is 2.56 bits per heavy atom. The number of aromatic carboxylic acids is 1. The molecule has 0 aromatic carbocycles. The SMILES string of the molecule is CC(C1CC1)N(C)C(=O)c1ccc(C(=O)O)nc1. The highest BCUT2D eigenvalue weighted by molar-refractivity contribution is 5.94. The van der Waals surface area contributed by atoms with Crippen LogP contribution in [0.4, 0.5) is 0 Å². The molecule has 1 aromatic heterocycles. The molecule has 0 aliphatic heterocycles. The van der Waals surface area contributed by atoms with Crippen molar-refractivity contribution in [3.63, 3.8) is 0 Å². The first-order valence-corrected chi connectivity index (χ1v) is 5.97. The van der Waals surface area contributed by atoms with Crippen LogP contribution in [0.3, 0.4) is 0 Å². The van der Waals surface area contributed by atoms with E-state index < -0.39 is 5.97 Å². The minimum atomic E-state index is -1.09. The minimum absolute atomic E-state index is 0.0514. The molecule has 1 fully saturated rings. The lowest BCUT2D eigenvalue weighted by atomic mass is 10.1. The first-order valence-electron chi connectivity index (χ1n) is 5.97. The number of hydrogen-bond donors (Lipinski definition) is 1. The van der Waals surface area contributed by atoms with E-state index in [2.05, 4.69) is 4.98 Å². The molecule has 2 rings (SSSR count). The Hall–Kier alpha value is -1.91. The highest BCUT2D eigenvalue weighted by Gasteiger charge is 2.32. The van der Waals surface area contributed by atoms with Crippen LogP contribution < -0.4 is 0 Å². The van der Waals surface area contributed by atoms with E-state index in [1.54, 1.807) is 11.9 Å². The van der Waals surface area contributed by atoms with Gasteiger partial charge in [-0.05, 0) is 37.8 Å². The summed E-state index contributed by atoms with van der Waals surface area (Å²) in [5, 5.41) is 8.73. The summed E-state index contributed by atoms with van der Waals surface area (Å²) >= 11 is 0. The van der Waals surface area contributed by atoms with Crippen molar-refractivity contribution >= 4 is 11.9 Å². The molecule has 1 N–H and O–H groups in total. The van der Waals surface area contributed by atoms with Crippen LogP contribution in [0.15, 0.2) is 18.3 Å². The van der Waals surface area contributed by atoms with Gasteiger partial charge in [0, 0.05) is 19.3 Å². The summed E-state index contributed by atoms with van der Waals surface area (Å²) in [5.41, 5.74) is 0.374. The molecule has 0 spiro atoms. The fraction of sp³-hybridized carbons (Fsp3) is 0.462. The molecule has 96 valence electrons. The van der Waals surface area contributed by atoms with Gasteiger partial charge >= 0.3 is 5.97 Å². The Morgan fingerprint density at radius 1 is 1.44 bits per heavy atom. The molecule has 1 heterocycles. The lowest BCUT2D eigenvalue weighted by Crippen LogP contribution is -2.36. The van der Waals surface area contributed by atoms with E-state index in [0.717, 1.165) is 0 Å². The normalized spacial score (nSPS) is 16.1. The minimum Gasteiger partial charge on any atom is -0.477 e. The van der Waals surface area contributed by atoms with Gasteiger partial charge < -0.3 is 10.0 Å². The number of carbonyl (C=O) groups is 2. The molecule has 1 aromatic rings. The fourth-order valence-corrected chi connectivity index (χ4v) is 1.93. The fourth-order valence-electron chi connectivity index (χ4n) is 1.93. The Balaban J connectivity index is 2.10. The largest absolute Gasteiger partial charge is 0.477 e. The van der Waals surface area contributed by atoms with Gasteiger partial charge in [-0.15, -0.1) is 0 Å². The first-order chi connectivity index (χ1) is 8.50. The van der Waals surface area contributed by atoms with Crippen LogP contribution in [-0.2, 0) is 0 Å². The van der Waals surface area contributed by atoms with Gasteiger partial charge in [0.1, 0.15) is 5.69 Å². The van der Waals surface area contributed by atoms with E-state index in [1.807, 2.05) is 6.92 Å². The molecule has 1 unspecified atom stereocenters. The summed E-state index contributed by atoms with van der Waals surface area (Å²) in [6, 6.07) is 3.08. The van der Waals surface area contributed by atoms with Crippen molar-refractivity contribution in [3.8, 4) is 0 Å². The van der Waals surface area contributed by atoms with Gasteiger partial charge in [0.15, 0.2) is 0 Å². The zero-order valence-corrected chi connectivity index (χ0v) is 10.5. The second-order valence-corrected chi connectivity index (χ2v) is 4.73. The number of amides is 1. The number of nitrogens with zero attached hydrogens (tertiary/aromatic N) is 2. The Morgan fingerprint density at radius 2 is 2.11 bits per heavy atom. The van der Waals surface area contributed by atoms with E-state index in [1.165, 1.54) is 31.2 Å². The smallest absolute Gasteiger partial charge is 0.354 e. The Labute approximate surface area is 105 Å². The van der Waals surface area contributed by atoms with Gasteiger partial charge in [-0.3, -0.25) is 4.79 Å². The van der Waals surface area contributed by atoms with E-state index in [9.17, 15) is 9.59 Å². The van der Waals surface area contributed by atoms with Crippen LogP contribution >= 0.6 is 0 Å². The van der Waals surface area contributed by atoms with Crippen molar-refractivity contribution in [2.24, 2.45) is 5.92 Å². The Kier molecular flexibility index (Phi) is 3.32. The van der Waals surface area contributed by atoms with Gasteiger partial charge in [-0.25, -0.2) is 9.78 Å². The van der Waals surface area contributed by atoms with Crippen LogP contribution in [-0.4, -0.2) is 40.0 Å². The van der Waals surface area contributed by atoms with Crippen molar-refractivity contribution in [3.05, 3.63) is 29.6 Å². The predicted molar refractivity (Wildman–Crippen MR) is 65.5 cm³/mol. The van der Waals surface area contributed by atoms with Gasteiger partial charge in [0.25, 0.3) is 5.91 Å². The summed E-state index contributed by atoms with van der Waals surface area (Å²) in [6.45, 7) is 2.04. The molecule has 1 aliphatic carbocycles. The number of rotatable bonds is 4. The van der Waals surface area contributed by atoms with Crippen molar-refractivity contribution in [2.75, 3.05) is 7.05 Å². The topological polar surface area (TPSA) is 70.5 Å². The standard InChI is InChI=1S/C13H16N2O3/c1-8(9-3-4-9)15(2)12(16)10-5-6-11(13(17)18)14-7-10/h5-9H,3-4H2,1-2H3,(H,17,18). The predicted octanol–water partition coefficient (Wildman–Crippen LogP) is 1.65. The highest BCUT2D eigenvalue weighted by atomic mass is 16.4. The third-order valence-electron chi connectivity index (χ3n) is 3.47. The molecular formula is C13H16N2O3. The summed E-state index contributed by atoms with van der Waals surface area (Å²) in [7, 11) is 1.77. The van der Waals surface area contributed by atoms with Crippen molar-refractivity contribution in [1.29, 1.82) is 0 Å². The van der Waals surface area contributed by atoms with Crippen LogP contribution in [0, 0.1) is 5.92 Å². The van der Waals surface area contributed by atoms with E-state index >= 15 is 0 Å². The molecule has 0 bridgehead atoms. The third-order valence-corrected chi connectivity index (χ3v) is 3.47. The lowest BCUT2D eigenvalue weighted by Gasteiger charge is -2.24. The highest BCUT2D eigenvalue weighted by Crippen LogP contribution is 2.35. The number of carboxylic acids is 1. The number of carboxylic acid groups (broad SMARTS) is 1. The quantitative estimate of drug-likeness (QED) is 0.879. The summed E-state index contributed by atoms with van der Waals surface area (Å²) in [5.74, 6) is -0.599. The maximum atomic E-state index is 12.1. The summed E-state index contributed by atoms with van der Waals surface area (Å²) in [6.07, 6.45) is 3.67. The number of carbonyl (C=O) groups excluding carboxylic acids is 1. The molecule has 5 nitrogen and oxygen atoms in total. The summed E-state index contributed by atoms with van der Waals surface area (Å²) in [4.78, 5) is 28.3. The molecule has 5 heteroatoms.